The fourth-order valence-electron chi connectivity index (χ4n) is 4.00. The van der Waals surface area contributed by atoms with E-state index in [4.69, 9.17) is 21.1 Å². The molecule has 0 aliphatic carbocycles. The number of aromatic nitrogens is 3. The van der Waals surface area contributed by atoms with Gasteiger partial charge in [0, 0.05) is 31.5 Å². The lowest BCUT2D eigenvalue weighted by atomic mass is 10.2. The monoisotopic (exact) mass is 526 g/mol. The molecule has 0 saturated carbocycles. The largest absolute Gasteiger partial charge is 0.491 e. The van der Waals surface area contributed by atoms with E-state index < -0.39 is 0 Å². The van der Waals surface area contributed by atoms with Crippen LogP contribution in [0.15, 0.2) is 67.1 Å². The fourth-order valence-corrected chi connectivity index (χ4v) is 4.23. The van der Waals surface area contributed by atoms with Gasteiger partial charge in [0.25, 0.3) is 0 Å². The van der Waals surface area contributed by atoms with Crippen molar-refractivity contribution in [2.45, 2.75) is 12.6 Å². The Labute approximate surface area is 221 Å². The van der Waals surface area contributed by atoms with Gasteiger partial charge in [-0.15, -0.1) is 12.4 Å². The van der Waals surface area contributed by atoms with Gasteiger partial charge in [-0.1, -0.05) is 23.7 Å². The molecule has 1 aliphatic heterocycles. The number of ether oxygens (including phenoxy) is 2. The summed E-state index contributed by atoms with van der Waals surface area (Å²) < 4.78 is 12.1. The Balaban J connectivity index is 0.00000304. The first-order valence-electron chi connectivity index (χ1n) is 11.5. The van der Waals surface area contributed by atoms with E-state index in [1.54, 1.807) is 12.5 Å². The summed E-state index contributed by atoms with van der Waals surface area (Å²) >= 11 is 6.51. The predicted octanol–water partition coefficient (Wildman–Crippen LogP) is 4.71. The van der Waals surface area contributed by atoms with E-state index in [-0.39, 0.29) is 12.4 Å². The second-order valence-corrected chi connectivity index (χ2v) is 8.81. The van der Waals surface area contributed by atoms with Crippen molar-refractivity contribution >= 4 is 46.4 Å². The second-order valence-electron chi connectivity index (χ2n) is 8.40. The van der Waals surface area contributed by atoms with E-state index in [1.807, 2.05) is 54.6 Å². The molecule has 2 aromatic carbocycles. The summed E-state index contributed by atoms with van der Waals surface area (Å²) in [5.41, 5.74) is 2.42. The number of nitrogens with zero attached hydrogens (tertiary/aromatic N) is 4. The highest BCUT2D eigenvalue weighted by Gasteiger charge is 2.20. The zero-order valence-corrected chi connectivity index (χ0v) is 21.4. The van der Waals surface area contributed by atoms with Crippen LogP contribution in [0.3, 0.4) is 0 Å². The lowest BCUT2D eigenvalue weighted by Crippen LogP contribution is -2.51. The zero-order chi connectivity index (χ0) is 24.0. The molecule has 0 radical (unpaired) electrons. The molecule has 5 rings (SSSR count). The number of anilines is 2. The quantitative estimate of drug-likeness (QED) is 0.341. The first-order valence-corrected chi connectivity index (χ1v) is 11.9. The summed E-state index contributed by atoms with van der Waals surface area (Å²) in [6.07, 6.45) is 3.28. The number of likely N-dealkylation sites (N-methyl/N-ethyl adjacent to an activating group) is 1. The van der Waals surface area contributed by atoms with E-state index in [2.05, 4.69) is 37.5 Å². The fraction of sp³-hybridized carbons (Fsp3) is 0.269. The Hall–Kier alpha value is -3.17. The molecule has 188 valence electrons. The number of nitrogens with one attached hydrogen (secondary N) is 2. The van der Waals surface area contributed by atoms with Gasteiger partial charge in [0.1, 0.15) is 36.9 Å². The Morgan fingerprint density at radius 3 is 2.78 bits per heavy atom. The molecule has 1 saturated heterocycles. The number of benzene rings is 2. The summed E-state index contributed by atoms with van der Waals surface area (Å²) in [4.78, 5) is 15.5. The summed E-state index contributed by atoms with van der Waals surface area (Å²) in [5.74, 6) is 1.98. The normalized spacial score (nSPS) is 15.8. The van der Waals surface area contributed by atoms with Gasteiger partial charge in [0.2, 0.25) is 0 Å². The van der Waals surface area contributed by atoms with Crippen LogP contribution in [0.4, 0.5) is 11.5 Å². The Morgan fingerprint density at radius 2 is 1.97 bits per heavy atom. The molecule has 0 bridgehead atoms. The lowest BCUT2D eigenvalue weighted by Gasteiger charge is -2.32. The topological polar surface area (TPSA) is 84.4 Å². The maximum absolute atomic E-state index is 6.51. The average Bonchev–Trinajstić information content (AvgIpc) is 2.88. The van der Waals surface area contributed by atoms with Crippen molar-refractivity contribution in [1.29, 1.82) is 0 Å². The molecule has 2 aromatic heterocycles. The number of halogens is 2. The minimum absolute atomic E-state index is 0. The smallest absolute Gasteiger partial charge is 0.145 e. The number of pyridine rings is 1. The van der Waals surface area contributed by atoms with Crippen LogP contribution in [0.2, 0.25) is 5.02 Å². The van der Waals surface area contributed by atoms with Crippen LogP contribution in [0.5, 0.6) is 11.5 Å². The average molecular weight is 527 g/mol. The number of hydrogen-bond acceptors (Lipinski definition) is 8. The van der Waals surface area contributed by atoms with Crippen molar-refractivity contribution in [3.05, 3.63) is 77.8 Å². The van der Waals surface area contributed by atoms with E-state index in [1.165, 1.54) is 0 Å². The number of hydrogen-bond donors (Lipinski definition) is 2. The van der Waals surface area contributed by atoms with Gasteiger partial charge >= 0.3 is 0 Å². The van der Waals surface area contributed by atoms with Crippen molar-refractivity contribution in [3.63, 3.8) is 0 Å². The highest BCUT2D eigenvalue weighted by molar-refractivity contribution is 6.32. The molecule has 2 N–H and O–H groups in total. The van der Waals surface area contributed by atoms with Gasteiger partial charge in [0.15, 0.2) is 0 Å². The molecule has 4 aromatic rings. The first kappa shape index (κ1) is 25.9. The third-order valence-electron chi connectivity index (χ3n) is 6.00. The number of fused-ring (bicyclic) bond motifs is 1. The minimum Gasteiger partial charge on any atom is -0.491 e. The third kappa shape index (κ3) is 6.14. The van der Waals surface area contributed by atoms with Crippen LogP contribution >= 0.6 is 24.0 Å². The van der Waals surface area contributed by atoms with Crippen molar-refractivity contribution in [2.24, 2.45) is 0 Å². The second kappa shape index (κ2) is 12.2. The Bertz CT molecular complexity index is 1290. The molecular weight excluding hydrogens is 499 g/mol. The number of rotatable bonds is 8. The molecule has 0 unspecified atom stereocenters. The summed E-state index contributed by atoms with van der Waals surface area (Å²) in [5, 5.41) is 8.12. The Morgan fingerprint density at radius 1 is 1.06 bits per heavy atom. The highest BCUT2D eigenvalue weighted by Crippen LogP contribution is 2.34. The predicted molar refractivity (Wildman–Crippen MR) is 145 cm³/mol. The number of piperazine rings is 1. The third-order valence-corrected chi connectivity index (χ3v) is 6.29. The van der Waals surface area contributed by atoms with Crippen LogP contribution in [-0.2, 0) is 6.61 Å². The molecule has 3 heterocycles. The lowest BCUT2D eigenvalue weighted by molar-refractivity contribution is 0.137. The molecule has 36 heavy (non-hydrogen) atoms. The van der Waals surface area contributed by atoms with E-state index in [9.17, 15) is 0 Å². The molecule has 1 fully saturated rings. The molecule has 10 heteroatoms. The van der Waals surface area contributed by atoms with Crippen molar-refractivity contribution in [2.75, 3.05) is 38.6 Å². The van der Waals surface area contributed by atoms with Crippen molar-refractivity contribution < 1.29 is 9.47 Å². The van der Waals surface area contributed by atoms with Gasteiger partial charge < -0.3 is 20.1 Å². The van der Waals surface area contributed by atoms with Crippen LogP contribution in [-0.4, -0.2) is 59.2 Å². The van der Waals surface area contributed by atoms with Gasteiger partial charge in [-0.3, -0.25) is 9.88 Å². The SMILES string of the molecule is CN1CCNC[C@@H]1COc1cccc2ncnc(Nc3ccc(OCc4ccccn4)c(Cl)c3)c12.Cl. The maximum Gasteiger partial charge on any atom is 0.145 e. The summed E-state index contributed by atoms with van der Waals surface area (Å²) in [6, 6.07) is 17.4. The summed E-state index contributed by atoms with van der Waals surface area (Å²) in [7, 11) is 2.13. The van der Waals surface area contributed by atoms with Crippen molar-refractivity contribution in [1.82, 2.24) is 25.2 Å². The minimum atomic E-state index is 0. The van der Waals surface area contributed by atoms with Gasteiger partial charge in [-0.25, -0.2) is 9.97 Å². The molecule has 1 aliphatic rings. The first-order chi connectivity index (χ1) is 17.2. The van der Waals surface area contributed by atoms with Crippen LogP contribution in [0.25, 0.3) is 10.9 Å². The van der Waals surface area contributed by atoms with Crippen LogP contribution in [0.1, 0.15) is 5.69 Å². The maximum atomic E-state index is 6.51. The van der Waals surface area contributed by atoms with Gasteiger partial charge in [-0.05, 0) is 49.5 Å². The zero-order valence-electron chi connectivity index (χ0n) is 19.9. The van der Waals surface area contributed by atoms with Crippen LogP contribution < -0.4 is 20.1 Å². The standard InChI is InChI=1S/C26H27ClN6O2.ClH/c1-33-12-11-28-14-20(33)16-35-24-7-4-6-22-25(24)26(31-17-30-22)32-18-8-9-23(21(27)13-18)34-15-19-5-2-3-10-29-19;/h2-10,13,17,20,28H,11-12,14-16H2,1H3,(H,30,31,32);1H/t20-;/m1./s1. The molecule has 8 nitrogen and oxygen atoms in total. The van der Waals surface area contributed by atoms with E-state index >= 15 is 0 Å². The van der Waals surface area contributed by atoms with Crippen molar-refractivity contribution in [3.8, 4) is 11.5 Å². The highest BCUT2D eigenvalue weighted by atomic mass is 35.5. The molecular formula is C26H28Cl2N6O2. The van der Waals surface area contributed by atoms with E-state index in [0.717, 1.165) is 47.7 Å². The molecule has 1 atom stereocenters. The Kier molecular flexibility index (Phi) is 8.77. The van der Waals surface area contributed by atoms with E-state index in [0.29, 0.717) is 35.8 Å². The summed E-state index contributed by atoms with van der Waals surface area (Å²) in [6.45, 7) is 3.82. The van der Waals surface area contributed by atoms with Gasteiger partial charge in [-0.2, -0.15) is 0 Å². The molecule has 0 amide bonds. The molecule has 0 spiro atoms. The van der Waals surface area contributed by atoms with Crippen LogP contribution in [0, 0.1) is 0 Å². The van der Waals surface area contributed by atoms with Gasteiger partial charge in [0.05, 0.1) is 27.7 Å².